The van der Waals surface area contributed by atoms with E-state index in [0.29, 0.717) is 12.6 Å². The molecule has 124 valence electrons. The second-order valence-corrected chi connectivity index (χ2v) is 6.65. The van der Waals surface area contributed by atoms with Crippen LogP contribution < -0.4 is 10.1 Å². The van der Waals surface area contributed by atoms with Gasteiger partial charge in [0.2, 0.25) is 0 Å². The summed E-state index contributed by atoms with van der Waals surface area (Å²) in [6.45, 7) is 5.62. The lowest BCUT2D eigenvalue weighted by atomic mass is 10.0. The highest BCUT2D eigenvalue weighted by molar-refractivity contribution is 6.30. The molecule has 0 heterocycles. The molecule has 0 unspecified atom stereocenters. The molecule has 0 aromatic heterocycles. The Morgan fingerprint density at radius 2 is 1.71 bits per heavy atom. The summed E-state index contributed by atoms with van der Waals surface area (Å²) in [5, 5.41) is 6.71. The van der Waals surface area contributed by atoms with Crippen molar-refractivity contribution in [1.82, 2.24) is 5.32 Å². The first-order chi connectivity index (χ1) is 11.6. The molecular formula is C21H22ClNO. The van der Waals surface area contributed by atoms with Gasteiger partial charge in [-0.15, -0.1) is 0 Å². The van der Waals surface area contributed by atoms with Gasteiger partial charge < -0.3 is 10.1 Å². The Morgan fingerprint density at radius 1 is 0.958 bits per heavy atom. The molecule has 0 aliphatic heterocycles. The van der Waals surface area contributed by atoms with E-state index in [-0.39, 0.29) is 0 Å². The maximum atomic E-state index is 6.12. The van der Waals surface area contributed by atoms with E-state index in [2.05, 4.69) is 55.6 Å². The van der Waals surface area contributed by atoms with Crippen LogP contribution >= 0.6 is 11.6 Å². The first kappa shape index (κ1) is 16.8. The zero-order valence-electron chi connectivity index (χ0n) is 14.1. The Hall–Kier alpha value is -2.03. The topological polar surface area (TPSA) is 21.3 Å². The highest BCUT2D eigenvalue weighted by Crippen LogP contribution is 2.29. The van der Waals surface area contributed by atoms with Gasteiger partial charge in [-0.3, -0.25) is 0 Å². The van der Waals surface area contributed by atoms with E-state index in [4.69, 9.17) is 16.3 Å². The van der Waals surface area contributed by atoms with Crippen molar-refractivity contribution in [3.63, 3.8) is 0 Å². The minimum absolute atomic E-state index is 0.424. The molecule has 0 spiro atoms. The quantitative estimate of drug-likeness (QED) is 0.633. The summed E-state index contributed by atoms with van der Waals surface area (Å²) in [5.74, 6) is 0.928. The normalized spacial score (nSPS) is 11.2. The number of halogens is 1. The molecule has 3 rings (SSSR count). The van der Waals surface area contributed by atoms with Gasteiger partial charge in [0.1, 0.15) is 12.4 Å². The Labute approximate surface area is 148 Å². The number of fused-ring (bicyclic) bond motifs is 1. The van der Waals surface area contributed by atoms with Gasteiger partial charge in [0.05, 0.1) is 0 Å². The van der Waals surface area contributed by atoms with Crippen molar-refractivity contribution in [1.29, 1.82) is 0 Å². The first-order valence-electron chi connectivity index (χ1n) is 8.25. The number of hydrogen-bond donors (Lipinski definition) is 1. The molecule has 0 aliphatic carbocycles. The maximum absolute atomic E-state index is 6.12. The largest absolute Gasteiger partial charge is 0.489 e. The molecule has 3 aromatic carbocycles. The summed E-state index contributed by atoms with van der Waals surface area (Å²) in [6, 6.07) is 20.8. The summed E-state index contributed by atoms with van der Waals surface area (Å²) >= 11 is 5.94. The van der Waals surface area contributed by atoms with E-state index in [1.54, 1.807) is 0 Å². The predicted molar refractivity (Wildman–Crippen MR) is 102 cm³/mol. The zero-order valence-corrected chi connectivity index (χ0v) is 14.8. The minimum Gasteiger partial charge on any atom is -0.489 e. The van der Waals surface area contributed by atoms with Crippen molar-refractivity contribution < 1.29 is 4.74 Å². The summed E-state index contributed by atoms with van der Waals surface area (Å²) in [4.78, 5) is 0. The van der Waals surface area contributed by atoms with Gasteiger partial charge in [-0.05, 0) is 34.5 Å². The van der Waals surface area contributed by atoms with E-state index in [0.717, 1.165) is 22.9 Å². The smallest absolute Gasteiger partial charge is 0.124 e. The fourth-order valence-electron chi connectivity index (χ4n) is 2.68. The average Bonchev–Trinajstić information content (AvgIpc) is 2.59. The van der Waals surface area contributed by atoms with Crippen LogP contribution in [0.25, 0.3) is 10.8 Å². The Bertz CT molecular complexity index is 812. The van der Waals surface area contributed by atoms with Crippen molar-refractivity contribution in [2.45, 2.75) is 33.0 Å². The Balaban J connectivity index is 1.87. The molecule has 0 bridgehead atoms. The van der Waals surface area contributed by atoms with Crippen LogP contribution in [0.1, 0.15) is 25.0 Å². The van der Waals surface area contributed by atoms with E-state index < -0.39 is 0 Å². The van der Waals surface area contributed by atoms with Crippen LogP contribution in [0.4, 0.5) is 0 Å². The van der Waals surface area contributed by atoms with E-state index in [1.807, 2.05) is 24.3 Å². The third-order valence-electron chi connectivity index (χ3n) is 3.99. The molecule has 2 nitrogen and oxygen atoms in total. The maximum Gasteiger partial charge on any atom is 0.124 e. The lowest BCUT2D eigenvalue weighted by Crippen LogP contribution is -2.22. The van der Waals surface area contributed by atoms with Crippen LogP contribution in [-0.2, 0) is 13.2 Å². The van der Waals surface area contributed by atoms with Crippen molar-refractivity contribution in [3.05, 3.63) is 76.8 Å². The monoisotopic (exact) mass is 339 g/mol. The van der Waals surface area contributed by atoms with Gasteiger partial charge in [-0.25, -0.2) is 0 Å². The molecule has 3 aromatic rings. The molecule has 1 N–H and O–H groups in total. The van der Waals surface area contributed by atoms with Crippen molar-refractivity contribution >= 4 is 22.4 Å². The number of rotatable bonds is 6. The predicted octanol–water partition coefficient (Wildman–Crippen LogP) is 5.57. The Morgan fingerprint density at radius 3 is 2.46 bits per heavy atom. The van der Waals surface area contributed by atoms with Crippen molar-refractivity contribution in [3.8, 4) is 5.75 Å². The molecule has 0 saturated heterocycles. The molecule has 0 radical (unpaired) electrons. The number of ether oxygens (including phenoxy) is 1. The second-order valence-electron chi connectivity index (χ2n) is 6.21. The first-order valence-corrected chi connectivity index (χ1v) is 8.62. The Kier molecular flexibility index (Phi) is 5.39. The van der Waals surface area contributed by atoms with Gasteiger partial charge in [0.25, 0.3) is 0 Å². The summed E-state index contributed by atoms with van der Waals surface area (Å²) in [6.07, 6.45) is 0. The standard InChI is InChI=1S/C21H22ClNO/c1-15(2)23-13-20-19-6-4-3-5-17(19)9-12-21(20)24-14-16-7-10-18(22)11-8-16/h3-12,15,23H,13-14H2,1-2H3. The van der Waals surface area contributed by atoms with Gasteiger partial charge in [-0.2, -0.15) is 0 Å². The minimum atomic E-state index is 0.424. The fraction of sp³-hybridized carbons (Fsp3) is 0.238. The molecule has 0 atom stereocenters. The second kappa shape index (κ2) is 7.69. The number of nitrogens with one attached hydrogen (secondary N) is 1. The zero-order chi connectivity index (χ0) is 16.9. The van der Waals surface area contributed by atoms with Gasteiger partial charge in [-0.1, -0.05) is 67.9 Å². The molecule has 3 heteroatoms. The highest BCUT2D eigenvalue weighted by atomic mass is 35.5. The third kappa shape index (κ3) is 4.08. The lowest BCUT2D eigenvalue weighted by molar-refractivity contribution is 0.302. The lowest BCUT2D eigenvalue weighted by Gasteiger charge is -2.16. The van der Waals surface area contributed by atoms with E-state index in [9.17, 15) is 0 Å². The highest BCUT2D eigenvalue weighted by Gasteiger charge is 2.09. The van der Waals surface area contributed by atoms with Crippen LogP contribution in [0.15, 0.2) is 60.7 Å². The van der Waals surface area contributed by atoms with Crippen molar-refractivity contribution in [2.75, 3.05) is 0 Å². The summed E-state index contributed by atoms with van der Waals surface area (Å²) in [5.41, 5.74) is 2.31. The van der Waals surface area contributed by atoms with Crippen molar-refractivity contribution in [2.24, 2.45) is 0 Å². The van der Waals surface area contributed by atoms with Crippen LogP contribution in [0.2, 0.25) is 5.02 Å². The summed E-state index contributed by atoms with van der Waals surface area (Å²) in [7, 11) is 0. The van der Waals surface area contributed by atoms with Gasteiger partial charge >= 0.3 is 0 Å². The van der Waals surface area contributed by atoms with Crippen LogP contribution in [0.5, 0.6) is 5.75 Å². The summed E-state index contributed by atoms with van der Waals surface area (Å²) < 4.78 is 6.12. The molecule has 0 saturated carbocycles. The fourth-order valence-corrected chi connectivity index (χ4v) is 2.81. The molecule has 24 heavy (non-hydrogen) atoms. The van der Waals surface area contributed by atoms with E-state index in [1.165, 1.54) is 16.3 Å². The number of benzene rings is 3. The average molecular weight is 340 g/mol. The third-order valence-corrected chi connectivity index (χ3v) is 4.24. The van der Waals surface area contributed by atoms with Crippen LogP contribution in [0, 0.1) is 0 Å². The van der Waals surface area contributed by atoms with Gasteiger partial charge in [0.15, 0.2) is 0 Å². The molecule has 0 aliphatic rings. The SMILES string of the molecule is CC(C)NCc1c(OCc2ccc(Cl)cc2)ccc2ccccc12. The van der Waals surface area contributed by atoms with Crippen LogP contribution in [0.3, 0.4) is 0 Å². The van der Waals surface area contributed by atoms with Crippen LogP contribution in [-0.4, -0.2) is 6.04 Å². The van der Waals surface area contributed by atoms with E-state index >= 15 is 0 Å². The number of hydrogen-bond acceptors (Lipinski definition) is 2. The molecule has 0 fully saturated rings. The molecule has 0 amide bonds. The molecular weight excluding hydrogens is 318 g/mol. The van der Waals surface area contributed by atoms with Gasteiger partial charge in [0, 0.05) is 23.2 Å².